The Hall–Kier alpha value is -3.08. The van der Waals surface area contributed by atoms with Gasteiger partial charge in [0.25, 0.3) is 10.0 Å². The number of hydrogen-bond donors (Lipinski definition) is 1. The molecule has 0 saturated heterocycles. The maximum Gasteiger partial charge on any atom is 0.266 e. The summed E-state index contributed by atoms with van der Waals surface area (Å²) in [6.07, 6.45) is 7.17. The first-order valence-corrected chi connectivity index (χ1v) is 11.3. The van der Waals surface area contributed by atoms with Gasteiger partial charge in [-0.3, -0.25) is 9.40 Å². The van der Waals surface area contributed by atoms with Crippen LogP contribution < -0.4 is 9.46 Å². The standard InChI is InChI=1S/C20H21F2N5O3S/c1-27-14(8-11-25-27)13-4-2-3-5-15(13)30-16-6-7-17(20(22)19(16)21)31(28,29)26-18-9-10-23-12-24-18/h6-13,15H,2-5H2,1H3,(H,23,24,26)/t13-,15+/m1/s1. The summed E-state index contributed by atoms with van der Waals surface area (Å²) in [7, 11) is -2.57. The van der Waals surface area contributed by atoms with Crippen molar-refractivity contribution in [2.24, 2.45) is 7.05 Å². The first-order valence-electron chi connectivity index (χ1n) is 9.78. The van der Waals surface area contributed by atoms with E-state index in [1.54, 1.807) is 10.9 Å². The van der Waals surface area contributed by atoms with Gasteiger partial charge in [0.05, 0.1) is 0 Å². The van der Waals surface area contributed by atoms with Crippen molar-refractivity contribution in [1.29, 1.82) is 0 Å². The molecule has 2 heterocycles. The molecule has 0 amide bonds. The van der Waals surface area contributed by atoms with Crippen LogP contribution in [0, 0.1) is 11.6 Å². The average Bonchev–Trinajstić information content (AvgIpc) is 3.18. The van der Waals surface area contributed by atoms with E-state index in [1.165, 1.54) is 12.3 Å². The molecular formula is C20H21F2N5O3S. The molecule has 2 aromatic heterocycles. The Bertz CT molecular complexity index is 1170. The molecule has 31 heavy (non-hydrogen) atoms. The molecule has 0 spiro atoms. The third-order valence-corrected chi connectivity index (χ3v) is 6.71. The fourth-order valence-corrected chi connectivity index (χ4v) is 4.92. The van der Waals surface area contributed by atoms with E-state index in [1.807, 2.05) is 13.1 Å². The summed E-state index contributed by atoms with van der Waals surface area (Å²) in [4.78, 5) is 6.57. The van der Waals surface area contributed by atoms with Gasteiger partial charge in [-0.05, 0) is 43.5 Å². The van der Waals surface area contributed by atoms with Crippen LogP contribution >= 0.6 is 0 Å². The van der Waals surface area contributed by atoms with Gasteiger partial charge in [-0.1, -0.05) is 6.42 Å². The largest absolute Gasteiger partial charge is 0.487 e. The van der Waals surface area contributed by atoms with Crippen molar-refractivity contribution >= 4 is 15.8 Å². The molecule has 164 valence electrons. The van der Waals surface area contributed by atoms with Crippen molar-refractivity contribution in [2.75, 3.05) is 4.72 Å². The zero-order valence-electron chi connectivity index (χ0n) is 16.7. The zero-order chi connectivity index (χ0) is 22.0. The van der Waals surface area contributed by atoms with Crippen molar-refractivity contribution in [1.82, 2.24) is 19.7 Å². The first kappa shape index (κ1) is 21.2. The molecule has 2 atom stereocenters. The van der Waals surface area contributed by atoms with Crippen LogP contribution in [-0.4, -0.2) is 34.3 Å². The lowest BCUT2D eigenvalue weighted by Gasteiger charge is -2.32. The van der Waals surface area contributed by atoms with Crippen LogP contribution in [0.2, 0.25) is 0 Å². The Kier molecular flexibility index (Phi) is 5.86. The quantitative estimate of drug-likeness (QED) is 0.619. The minimum absolute atomic E-state index is 0.0217. The van der Waals surface area contributed by atoms with Crippen LogP contribution in [-0.2, 0) is 17.1 Å². The minimum atomic E-state index is -4.39. The molecule has 4 rings (SSSR count). The number of sulfonamides is 1. The molecule has 1 aliphatic carbocycles. The van der Waals surface area contributed by atoms with Crippen molar-refractivity contribution in [2.45, 2.75) is 42.6 Å². The Morgan fingerprint density at radius 2 is 1.90 bits per heavy atom. The highest BCUT2D eigenvalue weighted by Crippen LogP contribution is 2.37. The van der Waals surface area contributed by atoms with E-state index in [9.17, 15) is 17.2 Å². The van der Waals surface area contributed by atoms with Gasteiger partial charge in [-0.15, -0.1) is 0 Å². The predicted molar refractivity (Wildman–Crippen MR) is 108 cm³/mol. The minimum Gasteiger partial charge on any atom is -0.487 e. The highest BCUT2D eigenvalue weighted by atomic mass is 32.2. The summed E-state index contributed by atoms with van der Waals surface area (Å²) in [6.45, 7) is 0. The second kappa shape index (κ2) is 8.58. The highest BCUT2D eigenvalue weighted by molar-refractivity contribution is 7.92. The fraction of sp³-hybridized carbons (Fsp3) is 0.350. The van der Waals surface area contributed by atoms with Gasteiger partial charge < -0.3 is 4.74 Å². The van der Waals surface area contributed by atoms with E-state index in [-0.39, 0.29) is 23.6 Å². The van der Waals surface area contributed by atoms with Crippen LogP contribution in [0.15, 0.2) is 47.9 Å². The Morgan fingerprint density at radius 3 is 2.61 bits per heavy atom. The predicted octanol–water partition coefficient (Wildman–Crippen LogP) is 3.39. The molecule has 8 nitrogen and oxygen atoms in total. The molecular weight excluding hydrogens is 428 g/mol. The molecule has 0 aliphatic heterocycles. The van der Waals surface area contributed by atoms with E-state index < -0.39 is 26.6 Å². The van der Waals surface area contributed by atoms with E-state index in [4.69, 9.17) is 4.74 Å². The number of benzene rings is 1. The van der Waals surface area contributed by atoms with Gasteiger partial charge in [0, 0.05) is 31.1 Å². The van der Waals surface area contributed by atoms with E-state index >= 15 is 0 Å². The molecule has 0 bridgehead atoms. The third kappa shape index (κ3) is 4.36. The maximum absolute atomic E-state index is 14.8. The fourth-order valence-electron chi connectivity index (χ4n) is 3.84. The van der Waals surface area contributed by atoms with Gasteiger partial charge in [0.15, 0.2) is 11.6 Å². The average molecular weight is 449 g/mol. The van der Waals surface area contributed by atoms with Crippen LogP contribution in [0.4, 0.5) is 14.6 Å². The normalized spacial score (nSPS) is 19.2. The van der Waals surface area contributed by atoms with Crippen molar-refractivity contribution < 1.29 is 21.9 Å². The molecule has 0 unspecified atom stereocenters. The first-order chi connectivity index (χ1) is 14.9. The number of halogens is 2. The van der Waals surface area contributed by atoms with Crippen LogP contribution in [0.5, 0.6) is 5.75 Å². The van der Waals surface area contributed by atoms with E-state index in [0.29, 0.717) is 6.42 Å². The number of hydrogen-bond acceptors (Lipinski definition) is 6. The Morgan fingerprint density at radius 1 is 1.10 bits per heavy atom. The number of ether oxygens (including phenoxy) is 1. The number of anilines is 1. The lowest BCUT2D eigenvalue weighted by molar-refractivity contribution is 0.120. The lowest BCUT2D eigenvalue weighted by Crippen LogP contribution is -2.30. The smallest absolute Gasteiger partial charge is 0.266 e. The van der Waals surface area contributed by atoms with E-state index in [2.05, 4.69) is 19.8 Å². The summed E-state index contributed by atoms with van der Waals surface area (Å²) < 4.78 is 64.2. The maximum atomic E-state index is 14.8. The molecule has 3 aromatic rings. The molecule has 1 aromatic carbocycles. The van der Waals surface area contributed by atoms with Crippen molar-refractivity contribution in [3.05, 3.63) is 60.3 Å². The summed E-state index contributed by atoms with van der Waals surface area (Å²) in [5.74, 6) is -3.26. The molecule has 1 aliphatic rings. The second-order valence-electron chi connectivity index (χ2n) is 7.32. The molecule has 1 saturated carbocycles. The van der Waals surface area contributed by atoms with Gasteiger partial charge in [0.1, 0.15) is 23.1 Å². The van der Waals surface area contributed by atoms with Crippen molar-refractivity contribution in [3.8, 4) is 5.75 Å². The van der Waals surface area contributed by atoms with Crippen LogP contribution in [0.25, 0.3) is 0 Å². The number of nitrogens with zero attached hydrogens (tertiary/aromatic N) is 4. The number of aryl methyl sites for hydroxylation is 1. The summed E-state index contributed by atoms with van der Waals surface area (Å²) in [5.41, 5.74) is 0.957. The third-order valence-electron chi connectivity index (χ3n) is 5.34. The van der Waals surface area contributed by atoms with Gasteiger partial charge in [-0.2, -0.15) is 9.49 Å². The second-order valence-corrected chi connectivity index (χ2v) is 8.97. The molecule has 1 N–H and O–H groups in total. The SMILES string of the molecule is Cn1nccc1[C@H]1CCCC[C@@H]1Oc1ccc(S(=O)(=O)Nc2ccncn2)c(F)c1F. The topological polar surface area (TPSA) is 99.0 Å². The molecule has 0 radical (unpaired) electrons. The Labute approximate surface area is 178 Å². The van der Waals surface area contributed by atoms with Crippen molar-refractivity contribution in [3.63, 3.8) is 0 Å². The molecule has 1 fully saturated rings. The summed E-state index contributed by atoms with van der Waals surface area (Å²) in [6, 6.07) is 5.31. The zero-order valence-corrected chi connectivity index (χ0v) is 17.5. The van der Waals surface area contributed by atoms with Crippen LogP contribution in [0.1, 0.15) is 37.3 Å². The number of nitrogens with one attached hydrogen (secondary N) is 1. The number of aromatic nitrogens is 4. The van der Waals surface area contributed by atoms with E-state index in [0.717, 1.165) is 43.4 Å². The lowest BCUT2D eigenvalue weighted by atomic mass is 9.84. The number of rotatable bonds is 6. The Balaban J connectivity index is 1.59. The summed E-state index contributed by atoms with van der Waals surface area (Å²) in [5, 5.41) is 4.18. The van der Waals surface area contributed by atoms with Gasteiger partial charge in [-0.25, -0.2) is 22.8 Å². The monoisotopic (exact) mass is 449 g/mol. The van der Waals surface area contributed by atoms with Gasteiger partial charge in [0.2, 0.25) is 5.82 Å². The summed E-state index contributed by atoms with van der Waals surface area (Å²) >= 11 is 0. The van der Waals surface area contributed by atoms with Gasteiger partial charge >= 0.3 is 0 Å². The molecule has 11 heteroatoms. The highest BCUT2D eigenvalue weighted by Gasteiger charge is 2.32. The van der Waals surface area contributed by atoms with Crippen LogP contribution in [0.3, 0.4) is 0 Å².